The third kappa shape index (κ3) is 2.28. The van der Waals surface area contributed by atoms with Crippen molar-refractivity contribution in [1.29, 1.82) is 0 Å². The number of fused-ring (bicyclic) bond motifs is 1. The maximum absolute atomic E-state index is 11.3. The lowest BCUT2D eigenvalue weighted by atomic mass is 10.3. The van der Waals surface area contributed by atoms with Gasteiger partial charge in [-0.2, -0.15) is 0 Å². The molecule has 0 bridgehead atoms. The van der Waals surface area contributed by atoms with Gasteiger partial charge in [0.15, 0.2) is 15.5 Å². The fourth-order valence-electron chi connectivity index (χ4n) is 1.66. The summed E-state index contributed by atoms with van der Waals surface area (Å²) < 4.78 is 23.9. The molecule has 2 heterocycles. The first-order chi connectivity index (χ1) is 8.28. The zero-order valence-electron chi connectivity index (χ0n) is 9.49. The van der Waals surface area contributed by atoms with Crippen LogP contribution in [-0.2, 0) is 15.6 Å². The Hall–Kier alpha value is -2.09. The van der Waals surface area contributed by atoms with Crippen LogP contribution in [0.1, 0.15) is 16.3 Å². The van der Waals surface area contributed by atoms with Crippen LogP contribution >= 0.6 is 0 Å². The molecule has 0 aliphatic rings. The molecule has 0 radical (unpaired) electrons. The summed E-state index contributed by atoms with van der Waals surface area (Å²) in [6.07, 6.45) is 2.57. The molecule has 0 saturated carbocycles. The molecule has 0 aliphatic heterocycles. The summed E-state index contributed by atoms with van der Waals surface area (Å²) in [5.41, 5.74) is 6.03. The Kier molecular flexibility index (Phi) is 2.74. The summed E-state index contributed by atoms with van der Waals surface area (Å²) >= 11 is 0. The largest absolute Gasteiger partial charge is 0.476 e. The van der Waals surface area contributed by atoms with Crippen molar-refractivity contribution in [2.45, 2.75) is 5.75 Å². The van der Waals surface area contributed by atoms with Crippen molar-refractivity contribution in [3.8, 4) is 0 Å². The third-order valence-corrected chi connectivity index (χ3v) is 3.12. The number of nitrogens with zero attached hydrogens (tertiary/aromatic N) is 2. The van der Waals surface area contributed by atoms with Crippen LogP contribution in [0.4, 0.5) is 5.69 Å². The van der Waals surface area contributed by atoms with Gasteiger partial charge in [-0.05, 0) is 12.1 Å². The number of aromatic carboxylic acids is 1. The van der Waals surface area contributed by atoms with E-state index in [1.165, 1.54) is 16.7 Å². The number of nitrogen functional groups attached to an aromatic ring is 1. The molecule has 18 heavy (non-hydrogen) atoms. The summed E-state index contributed by atoms with van der Waals surface area (Å²) in [5.74, 6) is -1.39. The van der Waals surface area contributed by atoms with Crippen LogP contribution in [0, 0.1) is 0 Å². The Morgan fingerprint density at radius 3 is 2.78 bits per heavy atom. The lowest BCUT2D eigenvalue weighted by molar-refractivity contribution is 0.0693. The third-order valence-electron chi connectivity index (χ3n) is 2.33. The Morgan fingerprint density at radius 2 is 2.22 bits per heavy atom. The number of nitrogens with two attached hydrogens (primary N) is 1. The molecule has 8 heteroatoms. The first kappa shape index (κ1) is 12.4. The van der Waals surface area contributed by atoms with E-state index in [1.54, 1.807) is 6.07 Å². The topological polar surface area (TPSA) is 115 Å². The van der Waals surface area contributed by atoms with Gasteiger partial charge in [-0.15, -0.1) is 0 Å². The maximum atomic E-state index is 11.3. The van der Waals surface area contributed by atoms with Crippen molar-refractivity contribution in [3.63, 3.8) is 0 Å². The molecule has 0 saturated heterocycles. The van der Waals surface area contributed by atoms with E-state index in [0.717, 1.165) is 6.26 Å². The molecule has 96 valence electrons. The van der Waals surface area contributed by atoms with Crippen LogP contribution in [0.5, 0.6) is 0 Å². The van der Waals surface area contributed by atoms with E-state index in [-0.39, 0.29) is 22.8 Å². The van der Waals surface area contributed by atoms with E-state index in [2.05, 4.69) is 4.98 Å². The van der Waals surface area contributed by atoms with Crippen molar-refractivity contribution < 1.29 is 18.3 Å². The predicted octanol–water partition coefficient (Wildman–Crippen LogP) is 0.159. The minimum Gasteiger partial charge on any atom is -0.476 e. The number of hydrogen-bond acceptors (Lipinski definition) is 5. The summed E-state index contributed by atoms with van der Waals surface area (Å²) in [6, 6.07) is 2.99. The minimum absolute atomic E-state index is 0.157. The van der Waals surface area contributed by atoms with E-state index in [4.69, 9.17) is 10.8 Å². The molecular weight excluding hydrogens is 258 g/mol. The molecule has 0 unspecified atom stereocenters. The summed E-state index contributed by atoms with van der Waals surface area (Å²) in [5, 5.41) is 9.02. The van der Waals surface area contributed by atoms with E-state index < -0.39 is 15.8 Å². The average Bonchev–Trinajstić information content (AvgIpc) is 2.54. The van der Waals surface area contributed by atoms with E-state index in [9.17, 15) is 13.2 Å². The SMILES string of the molecule is CS(=O)(=O)Cc1nc(C(=O)O)c2cc(N)ccn12. The van der Waals surface area contributed by atoms with Gasteiger partial charge in [0.1, 0.15) is 11.6 Å². The lowest BCUT2D eigenvalue weighted by Crippen LogP contribution is -2.05. The number of pyridine rings is 1. The van der Waals surface area contributed by atoms with Crippen LogP contribution in [0.2, 0.25) is 0 Å². The number of carbonyl (C=O) groups is 1. The smallest absolute Gasteiger partial charge is 0.356 e. The number of carboxylic acid groups (broad SMARTS) is 1. The highest BCUT2D eigenvalue weighted by molar-refractivity contribution is 7.89. The summed E-state index contributed by atoms with van der Waals surface area (Å²) in [6.45, 7) is 0. The van der Waals surface area contributed by atoms with Gasteiger partial charge in [0.05, 0.1) is 5.52 Å². The second kappa shape index (κ2) is 3.98. The van der Waals surface area contributed by atoms with Gasteiger partial charge < -0.3 is 15.2 Å². The second-order valence-corrected chi connectivity index (χ2v) is 6.11. The van der Waals surface area contributed by atoms with Gasteiger partial charge in [0.25, 0.3) is 0 Å². The van der Waals surface area contributed by atoms with Crippen LogP contribution in [0.15, 0.2) is 18.3 Å². The Balaban J connectivity index is 2.72. The van der Waals surface area contributed by atoms with Crippen LogP contribution < -0.4 is 5.73 Å². The zero-order chi connectivity index (χ0) is 13.5. The number of hydrogen-bond donors (Lipinski definition) is 2. The molecule has 0 atom stereocenters. The molecular formula is C10H11N3O4S. The van der Waals surface area contributed by atoms with Gasteiger partial charge in [-0.3, -0.25) is 0 Å². The Bertz CT molecular complexity index is 733. The van der Waals surface area contributed by atoms with Crippen molar-refractivity contribution in [2.75, 3.05) is 12.0 Å². The number of sulfone groups is 1. The molecule has 0 aliphatic carbocycles. The highest BCUT2D eigenvalue weighted by Crippen LogP contribution is 2.17. The molecule has 2 aromatic heterocycles. The number of aromatic nitrogens is 2. The number of anilines is 1. The number of imidazole rings is 1. The first-order valence-corrected chi connectivity index (χ1v) is 7.01. The average molecular weight is 269 g/mol. The van der Waals surface area contributed by atoms with Gasteiger partial charge in [0, 0.05) is 18.1 Å². The van der Waals surface area contributed by atoms with Gasteiger partial charge in [-0.25, -0.2) is 18.2 Å². The molecule has 3 N–H and O–H groups in total. The Labute approximate surface area is 103 Å². The monoisotopic (exact) mass is 269 g/mol. The van der Waals surface area contributed by atoms with Gasteiger partial charge in [-0.1, -0.05) is 0 Å². The fraction of sp³-hybridized carbons (Fsp3) is 0.200. The molecule has 2 rings (SSSR count). The van der Waals surface area contributed by atoms with Crippen LogP contribution in [0.3, 0.4) is 0 Å². The van der Waals surface area contributed by atoms with Crippen molar-refractivity contribution in [1.82, 2.24) is 9.38 Å². The Morgan fingerprint density at radius 1 is 1.56 bits per heavy atom. The molecule has 0 aromatic carbocycles. The van der Waals surface area contributed by atoms with E-state index in [0.29, 0.717) is 5.69 Å². The second-order valence-electron chi connectivity index (χ2n) is 3.97. The number of rotatable bonds is 3. The molecule has 0 spiro atoms. The van der Waals surface area contributed by atoms with Gasteiger partial charge >= 0.3 is 5.97 Å². The van der Waals surface area contributed by atoms with Crippen molar-refractivity contribution in [2.24, 2.45) is 0 Å². The van der Waals surface area contributed by atoms with Crippen molar-refractivity contribution >= 4 is 27.0 Å². The van der Waals surface area contributed by atoms with E-state index >= 15 is 0 Å². The standard InChI is InChI=1S/C10H11N3O4S/c1-18(16,17)5-8-12-9(10(14)15)7-4-6(11)2-3-13(7)8/h2-4H,5,11H2,1H3,(H,14,15). The normalized spacial score (nSPS) is 11.8. The van der Waals surface area contributed by atoms with E-state index in [1.807, 2.05) is 0 Å². The van der Waals surface area contributed by atoms with Gasteiger partial charge in [0.2, 0.25) is 0 Å². The van der Waals surface area contributed by atoms with Crippen molar-refractivity contribution in [3.05, 3.63) is 29.8 Å². The maximum Gasteiger partial charge on any atom is 0.356 e. The minimum atomic E-state index is -3.30. The molecule has 7 nitrogen and oxygen atoms in total. The fourth-order valence-corrected chi connectivity index (χ4v) is 2.33. The quantitative estimate of drug-likeness (QED) is 0.820. The lowest BCUT2D eigenvalue weighted by Gasteiger charge is -2.00. The highest BCUT2D eigenvalue weighted by atomic mass is 32.2. The summed E-state index contributed by atoms with van der Waals surface area (Å²) in [4.78, 5) is 14.9. The summed E-state index contributed by atoms with van der Waals surface area (Å²) in [7, 11) is -3.30. The molecule has 0 fully saturated rings. The van der Waals surface area contributed by atoms with Crippen LogP contribution in [-0.4, -0.2) is 35.1 Å². The first-order valence-electron chi connectivity index (χ1n) is 4.95. The van der Waals surface area contributed by atoms with Crippen LogP contribution in [0.25, 0.3) is 5.52 Å². The molecule has 2 aromatic rings. The number of carboxylic acids is 1. The zero-order valence-corrected chi connectivity index (χ0v) is 10.3. The molecule has 0 amide bonds. The predicted molar refractivity (Wildman–Crippen MR) is 65.1 cm³/mol. The highest BCUT2D eigenvalue weighted by Gasteiger charge is 2.19.